The number of carbonyl (C=O) groups excluding carboxylic acids is 1. The standard InChI is InChI=1S/C21H28N6O4/c1-26(2)18-10-15(22)19-20(25-18)27(12-24-19)7-3-4-8-29-21(28)23-11-14-5-6-16-17(9-14)31-13-30-16/h6,9-10,12,14H,3-5,7-8,11,13H2,1-2H3,(H2,22,25)(H,23,28). The number of pyridine rings is 1. The van der Waals surface area contributed by atoms with Crippen LogP contribution in [0, 0.1) is 5.92 Å². The minimum Gasteiger partial charge on any atom is -0.454 e. The molecule has 0 saturated carbocycles. The fraction of sp³-hybridized carbons (Fsp3) is 0.476. The van der Waals surface area contributed by atoms with E-state index in [9.17, 15) is 4.79 Å². The van der Waals surface area contributed by atoms with Gasteiger partial charge in [-0.15, -0.1) is 0 Å². The number of allylic oxidation sites excluding steroid dienone is 1. The highest BCUT2D eigenvalue weighted by Crippen LogP contribution is 2.28. The van der Waals surface area contributed by atoms with Gasteiger partial charge in [0.15, 0.2) is 17.2 Å². The lowest BCUT2D eigenvalue weighted by Crippen LogP contribution is -2.30. The van der Waals surface area contributed by atoms with Gasteiger partial charge in [-0.05, 0) is 31.4 Å². The van der Waals surface area contributed by atoms with Crippen LogP contribution < -0.4 is 16.0 Å². The van der Waals surface area contributed by atoms with Gasteiger partial charge < -0.3 is 34.7 Å². The molecule has 1 amide bonds. The molecule has 1 atom stereocenters. The summed E-state index contributed by atoms with van der Waals surface area (Å²) < 4.78 is 18.0. The minimum absolute atomic E-state index is 0.175. The van der Waals surface area contributed by atoms with Crippen molar-refractivity contribution in [2.45, 2.75) is 25.8 Å². The lowest BCUT2D eigenvalue weighted by atomic mass is 9.99. The number of unbranched alkanes of at least 4 members (excludes halogenated alkanes) is 1. The van der Waals surface area contributed by atoms with Crippen LogP contribution in [0.3, 0.4) is 0 Å². The average molecular weight is 428 g/mol. The van der Waals surface area contributed by atoms with Crippen molar-refractivity contribution in [1.29, 1.82) is 0 Å². The Balaban J connectivity index is 1.18. The smallest absolute Gasteiger partial charge is 0.407 e. The monoisotopic (exact) mass is 428 g/mol. The molecule has 31 heavy (non-hydrogen) atoms. The zero-order valence-electron chi connectivity index (χ0n) is 17.8. The number of carbonyl (C=O) groups is 1. The van der Waals surface area contributed by atoms with Crippen molar-refractivity contribution in [3.8, 4) is 0 Å². The predicted octanol–water partition coefficient (Wildman–Crippen LogP) is 2.38. The second kappa shape index (κ2) is 9.15. The van der Waals surface area contributed by atoms with Crippen molar-refractivity contribution in [3.63, 3.8) is 0 Å². The Hall–Kier alpha value is -3.43. The van der Waals surface area contributed by atoms with Crippen molar-refractivity contribution in [2.24, 2.45) is 5.92 Å². The molecule has 1 saturated heterocycles. The van der Waals surface area contributed by atoms with Crippen LogP contribution in [-0.2, 0) is 20.8 Å². The van der Waals surface area contributed by atoms with E-state index in [1.807, 2.05) is 41.8 Å². The maximum Gasteiger partial charge on any atom is 0.407 e. The van der Waals surface area contributed by atoms with Gasteiger partial charge in [-0.1, -0.05) is 0 Å². The van der Waals surface area contributed by atoms with E-state index in [-0.39, 0.29) is 12.7 Å². The van der Waals surface area contributed by atoms with Crippen molar-refractivity contribution in [1.82, 2.24) is 19.9 Å². The summed E-state index contributed by atoms with van der Waals surface area (Å²) in [5.41, 5.74) is 8.18. The van der Waals surface area contributed by atoms with Crippen molar-refractivity contribution in [2.75, 3.05) is 44.7 Å². The number of aromatic nitrogens is 3. The first-order valence-electron chi connectivity index (χ1n) is 10.4. The Bertz CT molecular complexity index is 1010. The van der Waals surface area contributed by atoms with Gasteiger partial charge in [0.2, 0.25) is 6.79 Å². The van der Waals surface area contributed by atoms with Crippen LogP contribution in [0.25, 0.3) is 11.2 Å². The number of hydrogen-bond donors (Lipinski definition) is 2. The molecule has 1 aliphatic heterocycles. The summed E-state index contributed by atoms with van der Waals surface area (Å²) in [5.74, 6) is 2.52. The second-order valence-corrected chi connectivity index (χ2v) is 7.80. The summed E-state index contributed by atoms with van der Waals surface area (Å²) in [7, 11) is 3.85. The molecule has 2 aliphatic rings. The molecule has 0 aromatic carbocycles. The molecule has 0 spiro atoms. The van der Waals surface area contributed by atoms with Gasteiger partial charge in [-0.2, -0.15) is 0 Å². The summed E-state index contributed by atoms with van der Waals surface area (Å²) in [6.07, 6.45) is 7.68. The number of alkyl carbamates (subject to hydrolysis) is 1. The number of imidazole rings is 1. The fourth-order valence-corrected chi connectivity index (χ4v) is 3.52. The number of nitrogen functional groups attached to an aromatic ring is 1. The molecule has 3 heterocycles. The molecule has 166 valence electrons. The van der Waals surface area contributed by atoms with Crippen molar-refractivity contribution in [3.05, 3.63) is 36.1 Å². The molecule has 2 aromatic heterocycles. The van der Waals surface area contributed by atoms with Crippen LogP contribution in [-0.4, -0.2) is 54.7 Å². The molecule has 1 unspecified atom stereocenters. The Kier molecular flexibility index (Phi) is 6.15. The molecular weight excluding hydrogens is 400 g/mol. The van der Waals surface area contributed by atoms with Crippen LogP contribution >= 0.6 is 0 Å². The highest BCUT2D eigenvalue weighted by Gasteiger charge is 2.23. The molecule has 3 N–H and O–H groups in total. The van der Waals surface area contributed by atoms with Gasteiger partial charge in [0, 0.05) is 39.2 Å². The van der Waals surface area contributed by atoms with Gasteiger partial charge in [0.05, 0.1) is 18.6 Å². The number of nitrogens with two attached hydrogens (primary N) is 1. The normalized spacial score (nSPS) is 17.3. The number of rotatable bonds is 8. The maximum absolute atomic E-state index is 11.9. The SMILES string of the molecule is CN(C)c1cc(N)c2ncn(CCCCOC(=O)NCC3C=C4OCOC4=CC3)c2n1. The van der Waals surface area contributed by atoms with Gasteiger partial charge in [-0.3, -0.25) is 0 Å². The fourth-order valence-electron chi connectivity index (χ4n) is 3.52. The van der Waals surface area contributed by atoms with Crippen LogP contribution in [0.15, 0.2) is 36.1 Å². The molecule has 10 nitrogen and oxygen atoms in total. The summed E-state index contributed by atoms with van der Waals surface area (Å²) in [4.78, 5) is 22.9. The van der Waals surface area contributed by atoms with E-state index < -0.39 is 6.09 Å². The molecule has 1 aliphatic carbocycles. The van der Waals surface area contributed by atoms with E-state index >= 15 is 0 Å². The van der Waals surface area contributed by atoms with Crippen LogP contribution in [0.5, 0.6) is 0 Å². The lowest BCUT2D eigenvalue weighted by Gasteiger charge is -2.16. The number of hydrogen-bond acceptors (Lipinski definition) is 8. The maximum atomic E-state index is 11.9. The van der Waals surface area contributed by atoms with E-state index in [1.54, 1.807) is 6.33 Å². The summed E-state index contributed by atoms with van der Waals surface area (Å²) in [6.45, 7) is 1.83. The third-order valence-electron chi connectivity index (χ3n) is 5.25. The Morgan fingerprint density at radius 1 is 1.35 bits per heavy atom. The third-order valence-corrected chi connectivity index (χ3v) is 5.25. The number of amides is 1. The van der Waals surface area contributed by atoms with Crippen LogP contribution in [0.1, 0.15) is 19.3 Å². The van der Waals surface area contributed by atoms with Crippen molar-refractivity contribution >= 4 is 28.8 Å². The zero-order valence-corrected chi connectivity index (χ0v) is 17.8. The van der Waals surface area contributed by atoms with Gasteiger partial charge in [-0.25, -0.2) is 14.8 Å². The Morgan fingerprint density at radius 3 is 3.03 bits per heavy atom. The first-order chi connectivity index (χ1) is 15.0. The van der Waals surface area contributed by atoms with Gasteiger partial charge >= 0.3 is 6.09 Å². The van der Waals surface area contributed by atoms with E-state index in [2.05, 4.69) is 15.3 Å². The Labute approximate surface area is 180 Å². The van der Waals surface area contributed by atoms with Crippen LogP contribution in [0.4, 0.5) is 16.3 Å². The van der Waals surface area contributed by atoms with E-state index in [1.165, 1.54) is 0 Å². The summed E-state index contributed by atoms with van der Waals surface area (Å²) >= 11 is 0. The predicted molar refractivity (Wildman–Crippen MR) is 116 cm³/mol. The van der Waals surface area contributed by atoms with E-state index in [4.69, 9.17) is 19.9 Å². The summed E-state index contributed by atoms with van der Waals surface area (Å²) in [6, 6.07) is 1.82. The van der Waals surface area contributed by atoms with E-state index in [0.29, 0.717) is 24.4 Å². The van der Waals surface area contributed by atoms with E-state index in [0.717, 1.165) is 48.8 Å². The number of anilines is 2. The van der Waals surface area contributed by atoms with Crippen molar-refractivity contribution < 1.29 is 19.0 Å². The molecular formula is C21H28N6O4. The number of fused-ring (bicyclic) bond motifs is 2. The number of nitrogens with one attached hydrogen (secondary N) is 1. The highest BCUT2D eigenvalue weighted by atomic mass is 16.7. The second-order valence-electron chi connectivity index (χ2n) is 7.80. The summed E-state index contributed by atoms with van der Waals surface area (Å²) in [5, 5.41) is 2.81. The Morgan fingerprint density at radius 2 is 2.19 bits per heavy atom. The first-order valence-corrected chi connectivity index (χ1v) is 10.4. The highest BCUT2D eigenvalue weighted by molar-refractivity contribution is 5.86. The third kappa shape index (κ3) is 4.84. The van der Waals surface area contributed by atoms with Gasteiger partial charge in [0.1, 0.15) is 11.3 Å². The molecule has 0 bridgehead atoms. The minimum atomic E-state index is -0.407. The molecule has 0 radical (unpaired) electrons. The molecule has 1 fully saturated rings. The van der Waals surface area contributed by atoms with Gasteiger partial charge in [0.25, 0.3) is 0 Å². The molecule has 2 aromatic rings. The number of aryl methyl sites for hydroxylation is 1. The quantitative estimate of drug-likeness (QED) is 0.616. The number of ether oxygens (including phenoxy) is 3. The topological polar surface area (TPSA) is 117 Å². The molecule has 10 heteroatoms. The molecule has 4 rings (SSSR count). The zero-order chi connectivity index (χ0) is 21.8. The average Bonchev–Trinajstić information content (AvgIpc) is 3.38. The van der Waals surface area contributed by atoms with Crippen LogP contribution in [0.2, 0.25) is 0 Å². The largest absolute Gasteiger partial charge is 0.454 e. The first kappa shape index (κ1) is 20.8. The lowest BCUT2D eigenvalue weighted by molar-refractivity contribution is 0.0976. The number of nitrogens with zero attached hydrogens (tertiary/aromatic N) is 4.